The van der Waals surface area contributed by atoms with Gasteiger partial charge in [-0.2, -0.15) is 0 Å². The van der Waals surface area contributed by atoms with Crippen LogP contribution >= 0.6 is 11.6 Å². The standard InChI is InChI=1S/C4H5ClF2O/c5-3(8)1-2-4(6)7/h4H,1-2H2. The molecule has 1 nitrogen and oxygen atoms in total. The molecule has 0 aliphatic rings. The van der Waals surface area contributed by atoms with Crippen LogP contribution in [-0.4, -0.2) is 11.7 Å². The maximum absolute atomic E-state index is 11.2. The molecule has 0 aromatic rings. The van der Waals surface area contributed by atoms with Gasteiger partial charge in [-0.1, -0.05) is 0 Å². The molecule has 0 bridgehead atoms. The first kappa shape index (κ1) is 7.82. The molecule has 0 spiro atoms. The molecule has 8 heavy (non-hydrogen) atoms. The molecule has 0 saturated heterocycles. The Morgan fingerprint density at radius 2 is 2.12 bits per heavy atom. The minimum absolute atomic E-state index is 0.237. The SMILES string of the molecule is O=C(Cl)CCC(F)F. The van der Waals surface area contributed by atoms with Crippen LogP contribution in [-0.2, 0) is 4.79 Å². The second kappa shape index (κ2) is 3.78. The molecule has 0 aliphatic carbocycles. The van der Waals surface area contributed by atoms with Crippen molar-refractivity contribution in [1.29, 1.82) is 0 Å². The van der Waals surface area contributed by atoms with Crippen molar-refractivity contribution in [2.24, 2.45) is 0 Å². The van der Waals surface area contributed by atoms with Crippen molar-refractivity contribution in [3.63, 3.8) is 0 Å². The van der Waals surface area contributed by atoms with Gasteiger partial charge in [-0.25, -0.2) is 8.78 Å². The summed E-state index contributed by atoms with van der Waals surface area (Å²) in [6.45, 7) is 0. The maximum atomic E-state index is 11.2. The predicted molar refractivity (Wildman–Crippen MR) is 26.1 cm³/mol. The molecule has 48 valence electrons. The highest BCUT2D eigenvalue weighted by molar-refractivity contribution is 6.63. The summed E-state index contributed by atoms with van der Waals surface area (Å²) in [4.78, 5) is 9.78. The molecule has 0 rings (SSSR count). The van der Waals surface area contributed by atoms with Gasteiger partial charge in [0, 0.05) is 12.8 Å². The summed E-state index contributed by atoms with van der Waals surface area (Å²) in [5.74, 6) is 0. The van der Waals surface area contributed by atoms with Gasteiger partial charge in [-0.15, -0.1) is 0 Å². The zero-order valence-electron chi connectivity index (χ0n) is 4.03. The van der Waals surface area contributed by atoms with Gasteiger partial charge in [0.2, 0.25) is 11.7 Å². The van der Waals surface area contributed by atoms with Crippen molar-refractivity contribution in [1.82, 2.24) is 0 Å². The lowest BCUT2D eigenvalue weighted by Gasteiger charge is -1.90. The van der Waals surface area contributed by atoms with Gasteiger partial charge in [-0.3, -0.25) is 4.79 Å². The largest absolute Gasteiger partial charge is 0.281 e. The molecule has 0 aromatic carbocycles. The number of halogens is 3. The molecule has 0 aliphatic heterocycles. The van der Waals surface area contributed by atoms with Crippen LogP contribution in [0, 0.1) is 0 Å². The molecule has 0 unspecified atom stereocenters. The van der Waals surface area contributed by atoms with Gasteiger partial charge in [0.25, 0.3) is 0 Å². The van der Waals surface area contributed by atoms with Crippen LogP contribution in [0.2, 0.25) is 0 Å². The highest BCUT2D eigenvalue weighted by Crippen LogP contribution is 2.03. The normalized spacial score (nSPS) is 10.0. The van der Waals surface area contributed by atoms with E-state index in [2.05, 4.69) is 0 Å². The average molecular weight is 143 g/mol. The van der Waals surface area contributed by atoms with Crippen LogP contribution in [0.4, 0.5) is 8.78 Å². The molecule has 0 atom stereocenters. The molecule has 0 radical (unpaired) electrons. The summed E-state index contributed by atoms with van der Waals surface area (Å²) in [5.41, 5.74) is 0. The average Bonchev–Trinajstić information content (AvgIpc) is 1.61. The van der Waals surface area contributed by atoms with Crippen LogP contribution in [0.25, 0.3) is 0 Å². The van der Waals surface area contributed by atoms with Crippen LogP contribution < -0.4 is 0 Å². The summed E-state index contributed by atoms with van der Waals surface area (Å²) < 4.78 is 22.4. The minimum Gasteiger partial charge on any atom is -0.281 e. The van der Waals surface area contributed by atoms with E-state index in [4.69, 9.17) is 11.6 Å². The Kier molecular flexibility index (Phi) is 3.69. The minimum atomic E-state index is -2.42. The molecule has 0 amide bonds. The topological polar surface area (TPSA) is 17.1 Å². The van der Waals surface area contributed by atoms with Gasteiger partial charge >= 0.3 is 0 Å². The third-order valence-electron chi connectivity index (χ3n) is 0.559. The van der Waals surface area contributed by atoms with Crippen molar-refractivity contribution in [3.05, 3.63) is 0 Å². The Labute approximate surface area is 50.6 Å². The monoisotopic (exact) mass is 142 g/mol. The zero-order valence-corrected chi connectivity index (χ0v) is 4.79. The van der Waals surface area contributed by atoms with Crippen LogP contribution in [0.15, 0.2) is 0 Å². The van der Waals surface area contributed by atoms with Crippen molar-refractivity contribution < 1.29 is 13.6 Å². The number of carbonyl (C=O) groups is 1. The van der Waals surface area contributed by atoms with E-state index >= 15 is 0 Å². The van der Waals surface area contributed by atoms with E-state index < -0.39 is 18.1 Å². The number of rotatable bonds is 3. The van der Waals surface area contributed by atoms with Crippen molar-refractivity contribution in [3.8, 4) is 0 Å². The summed E-state index contributed by atoms with van der Waals surface area (Å²) in [6.07, 6.45) is -3.08. The third-order valence-corrected chi connectivity index (χ3v) is 0.748. The predicted octanol–water partition coefficient (Wildman–Crippen LogP) is 1.80. The first-order chi connectivity index (χ1) is 3.63. The van der Waals surface area contributed by atoms with Crippen LogP contribution in [0.3, 0.4) is 0 Å². The molecular formula is C4H5ClF2O. The number of hydrogen-bond acceptors (Lipinski definition) is 1. The Balaban J connectivity index is 3.05. The Morgan fingerprint density at radius 3 is 2.25 bits per heavy atom. The first-order valence-corrected chi connectivity index (χ1v) is 2.47. The summed E-state index contributed by atoms with van der Waals surface area (Å²) in [6, 6.07) is 0. The van der Waals surface area contributed by atoms with Gasteiger partial charge in [0.15, 0.2) is 0 Å². The van der Waals surface area contributed by atoms with E-state index in [0.717, 1.165) is 0 Å². The molecule has 0 heterocycles. The molecular weight excluding hydrogens is 137 g/mol. The number of alkyl halides is 2. The third kappa shape index (κ3) is 5.82. The van der Waals surface area contributed by atoms with E-state index in [0.29, 0.717) is 0 Å². The molecule has 0 fully saturated rings. The lowest BCUT2D eigenvalue weighted by Crippen LogP contribution is -1.93. The number of carbonyl (C=O) groups excluding carboxylic acids is 1. The molecule has 4 heteroatoms. The smallest absolute Gasteiger partial charge is 0.239 e. The first-order valence-electron chi connectivity index (χ1n) is 2.09. The van der Waals surface area contributed by atoms with E-state index in [9.17, 15) is 13.6 Å². The van der Waals surface area contributed by atoms with Gasteiger partial charge in [0.05, 0.1) is 0 Å². The Hall–Kier alpha value is -0.180. The lowest BCUT2D eigenvalue weighted by molar-refractivity contribution is -0.112. The van der Waals surface area contributed by atoms with E-state index in [1.807, 2.05) is 0 Å². The fourth-order valence-electron chi connectivity index (χ4n) is 0.223. The quantitative estimate of drug-likeness (QED) is 0.549. The summed E-state index contributed by atoms with van der Waals surface area (Å²) in [5, 5.41) is -0.703. The van der Waals surface area contributed by atoms with E-state index in [1.165, 1.54) is 0 Å². The van der Waals surface area contributed by atoms with Gasteiger partial charge in [0.1, 0.15) is 0 Å². The maximum Gasteiger partial charge on any atom is 0.239 e. The van der Waals surface area contributed by atoms with Gasteiger partial charge in [-0.05, 0) is 11.6 Å². The highest BCUT2D eigenvalue weighted by Gasteiger charge is 2.04. The van der Waals surface area contributed by atoms with Crippen molar-refractivity contribution in [2.45, 2.75) is 19.3 Å². The Morgan fingerprint density at radius 1 is 1.62 bits per heavy atom. The summed E-state index contributed by atoms with van der Waals surface area (Å²) in [7, 11) is 0. The van der Waals surface area contributed by atoms with Crippen LogP contribution in [0.1, 0.15) is 12.8 Å². The highest BCUT2D eigenvalue weighted by atomic mass is 35.5. The van der Waals surface area contributed by atoms with Crippen LogP contribution in [0.5, 0.6) is 0 Å². The lowest BCUT2D eigenvalue weighted by atomic mass is 10.3. The van der Waals surface area contributed by atoms with Crippen molar-refractivity contribution >= 4 is 16.8 Å². The van der Waals surface area contributed by atoms with E-state index in [1.54, 1.807) is 0 Å². The van der Waals surface area contributed by atoms with Gasteiger partial charge < -0.3 is 0 Å². The number of hydrogen-bond donors (Lipinski definition) is 0. The summed E-state index contributed by atoms with van der Waals surface area (Å²) >= 11 is 4.75. The fraction of sp³-hybridized carbons (Fsp3) is 0.750. The fourth-order valence-corrected chi connectivity index (χ4v) is 0.332. The molecule has 0 N–H and O–H groups in total. The van der Waals surface area contributed by atoms with Crippen molar-refractivity contribution in [2.75, 3.05) is 0 Å². The Bertz CT molecular complexity index is 84.1. The molecule has 0 aromatic heterocycles. The second-order valence-corrected chi connectivity index (χ2v) is 1.71. The zero-order chi connectivity index (χ0) is 6.57. The van der Waals surface area contributed by atoms with E-state index in [-0.39, 0.29) is 6.42 Å². The second-order valence-electron chi connectivity index (χ2n) is 1.28. The molecule has 0 saturated carbocycles.